The molecule has 1 fully saturated rings. The molecule has 94 valence electrons. The number of carbonyl (C=O) groups excluding carboxylic acids is 1. The number of hydrogen-bond acceptors (Lipinski definition) is 3. The maximum absolute atomic E-state index is 11.4. The van der Waals surface area contributed by atoms with Crippen LogP contribution in [0.1, 0.15) is 53.9 Å². The summed E-state index contributed by atoms with van der Waals surface area (Å²) in [4.78, 5) is 11.4. The Morgan fingerprint density at radius 2 is 2.00 bits per heavy atom. The Morgan fingerprint density at radius 3 is 2.44 bits per heavy atom. The van der Waals surface area contributed by atoms with Gasteiger partial charge in [-0.1, -0.05) is 13.8 Å². The molecule has 0 radical (unpaired) electrons. The van der Waals surface area contributed by atoms with E-state index >= 15 is 0 Å². The standard InChI is InChI=1S/C12H24N2O2/c1-11(2,3)16-10(15)14-13-9-6-7-12(4,5)8-9/h9,13H,6-8H2,1-5H3,(H,14,15). The number of amides is 1. The number of hydrazine groups is 1. The summed E-state index contributed by atoms with van der Waals surface area (Å²) < 4.78 is 5.14. The summed E-state index contributed by atoms with van der Waals surface area (Å²) >= 11 is 0. The second kappa shape index (κ2) is 4.62. The van der Waals surface area contributed by atoms with Gasteiger partial charge in [-0.05, 0) is 45.4 Å². The quantitative estimate of drug-likeness (QED) is 0.714. The van der Waals surface area contributed by atoms with Crippen molar-refractivity contribution in [2.75, 3.05) is 0 Å². The van der Waals surface area contributed by atoms with Crippen LogP contribution in [0.25, 0.3) is 0 Å². The lowest BCUT2D eigenvalue weighted by Gasteiger charge is -2.22. The largest absolute Gasteiger partial charge is 0.443 e. The topological polar surface area (TPSA) is 50.4 Å². The number of hydrogen-bond donors (Lipinski definition) is 2. The number of ether oxygens (including phenoxy) is 1. The van der Waals surface area contributed by atoms with Gasteiger partial charge >= 0.3 is 6.09 Å². The van der Waals surface area contributed by atoms with Crippen molar-refractivity contribution in [3.63, 3.8) is 0 Å². The van der Waals surface area contributed by atoms with Gasteiger partial charge in [0.15, 0.2) is 0 Å². The van der Waals surface area contributed by atoms with Crippen LogP contribution < -0.4 is 10.9 Å². The van der Waals surface area contributed by atoms with E-state index in [-0.39, 0.29) is 0 Å². The molecule has 4 nitrogen and oxygen atoms in total. The van der Waals surface area contributed by atoms with Crippen molar-refractivity contribution >= 4 is 6.09 Å². The van der Waals surface area contributed by atoms with Gasteiger partial charge in [-0.3, -0.25) is 5.43 Å². The SMILES string of the molecule is CC1(C)CCC(NNC(=O)OC(C)(C)C)C1. The van der Waals surface area contributed by atoms with Gasteiger partial charge in [0.2, 0.25) is 0 Å². The predicted molar refractivity (Wildman–Crippen MR) is 63.9 cm³/mol. The summed E-state index contributed by atoms with van der Waals surface area (Å²) in [6, 6.07) is 0.363. The highest BCUT2D eigenvalue weighted by atomic mass is 16.6. The Bertz CT molecular complexity index is 256. The van der Waals surface area contributed by atoms with Crippen LogP contribution in [0.15, 0.2) is 0 Å². The van der Waals surface area contributed by atoms with Crippen LogP contribution in [-0.2, 0) is 4.74 Å². The van der Waals surface area contributed by atoms with Crippen LogP contribution in [0, 0.1) is 5.41 Å². The summed E-state index contributed by atoms with van der Waals surface area (Å²) in [5, 5.41) is 0. The van der Waals surface area contributed by atoms with E-state index in [4.69, 9.17) is 4.74 Å². The normalized spacial score (nSPS) is 24.2. The van der Waals surface area contributed by atoms with Gasteiger partial charge in [0.05, 0.1) is 0 Å². The van der Waals surface area contributed by atoms with E-state index in [9.17, 15) is 4.79 Å². The fourth-order valence-corrected chi connectivity index (χ4v) is 2.02. The van der Waals surface area contributed by atoms with Crippen molar-refractivity contribution in [1.29, 1.82) is 0 Å². The lowest BCUT2D eigenvalue weighted by Crippen LogP contribution is -2.45. The number of carbonyl (C=O) groups is 1. The zero-order valence-corrected chi connectivity index (χ0v) is 11.0. The molecule has 1 rings (SSSR count). The highest BCUT2D eigenvalue weighted by Gasteiger charge is 2.31. The summed E-state index contributed by atoms with van der Waals surface area (Å²) in [6.07, 6.45) is 2.98. The average Bonchev–Trinajstić information content (AvgIpc) is 2.39. The van der Waals surface area contributed by atoms with Gasteiger partial charge in [0, 0.05) is 6.04 Å². The second-order valence-corrected chi connectivity index (χ2v) is 6.38. The third-order valence-corrected chi connectivity index (χ3v) is 2.75. The Hall–Kier alpha value is -0.770. The number of rotatable bonds is 2. The average molecular weight is 228 g/mol. The van der Waals surface area contributed by atoms with Crippen LogP contribution in [0.3, 0.4) is 0 Å². The second-order valence-electron chi connectivity index (χ2n) is 6.38. The minimum absolute atomic E-state index is 0.363. The Balaban J connectivity index is 2.23. The molecule has 0 aromatic heterocycles. The zero-order valence-electron chi connectivity index (χ0n) is 11.0. The molecule has 0 heterocycles. The molecule has 0 bridgehead atoms. The molecule has 1 aliphatic carbocycles. The third kappa shape index (κ3) is 4.84. The molecular formula is C12H24N2O2. The Morgan fingerprint density at radius 1 is 1.38 bits per heavy atom. The first kappa shape index (κ1) is 13.3. The fourth-order valence-electron chi connectivity index (χ4n) is 2.02. The van der Waals surface area contributed by atoms with E-state index in [0.29, 0.717) is 11.5 Å². The third-order valence-electron chi connectivity index (χ3n) is 2.75. The molecule has 16 heavy (non-hydrogen) atoms. The maximum atomic E-state index is 11.4. The predicted octanol–water partition coefficient (Wildman–Crippen LogP) is 2.59. The molecular weight excluding hydrogens is 204 g/mol. The van der Waals surface area contributed by atoms with E-state index in [1.54, 1.807) is 0 Å². The number of nitrogens with one attached hydrogen (secondary N) is 2. The van der Waals surface area contributed by atoms with Crippen LogP contribution in [-0.4, -0.2) is 17.7 Å². The van der Waals surface area contributed by atoms with Gasteiger partial charge in [-0.15, -0.1) is 0 Å². The highest BCUT2D eigenvalue weighted by Crippen LogP contribution is 2.36. The van der Waals surface area contributed by atoms with Crippen molar-refractivity contribution in [3.8, 4) is 0 Å². The van der Waals surface area contributed by atoms with Crippen molar-refractivity contribution in [2.45, 2.75) is 65.5 Å². The monoisotopic (exact) mass is 228 g/mol. The maximum Gasteiger partial charge on any atom is 0.422 e. The lowest BCUT2D eigenvalue weighted by molar-refractivity contribution is 0.0487. The zero-order chi connectivity index (χ0) is 12.4. The van der Waals surface area contributed by atoms with Gasteiger partial charge in [0.25, 0.3) is 0 Å². The van der Waals surface area contributed by atoms with Gasteiger partial charge in [0.1, 0.15) is 5.60 Å². The Kier molecular flexibility index (Phi) is 3.84. The van der Waals surface area contributed by atoms with Crippen LogP contribution in [0.4, 0.5) is 4.79 Å². The first-order valence-corrected chi connectivity index (χ1v) is 5.92. The molecule has 0 saturated heterocycles. The smallest absolute Gasteiger partial charge is 0.422 e. The molecule has 4 heteroatoms. The van der Waals surface area contributed by atoms with E-state index < -0.39 is 11.7 Å². The van der Waals surface area contributed by atoms with Crippen molar-refractivity contribution in [1.82, 2.24) is 10.9 Å². The molecule has 0 aromatic rings. The highest BCUT2D eigenvalue weighted by molar-refractivity contribution is 5.67. The van der Waals surface area contributed by atoms with E-state index in [1.165, 1.54) is 6.42 Å². The van der Waals surface area contributed by atoms with Crippen LogP contribution in [0.2, 0.25) is 0 Å². The molecule has 0 spiro atoms. The van der Waals surface area contributed by atoms with E-state index in [0.717, 1.165) is 12.8 Å². The summed E-state index contributed by atoms with van der Waals surface area (Å²) in [6.45, 7) is 10.1. The summed E-state index contributed by atoms with van der Waals surface area (Å²) in [5.41, 5.74) is 5.58. The first-order chi connectivity index (χ1) is 7.18. The molecule has 1 saturated carbocycles. The molecule has 1 unspecified atom stereocenters. The van der Waals surface area contributed by atoms with Gasteiger partial charge in [-0.2, -0.15) is 0 Å². The van der Waals surface area contributed by atoms with Crippen LogP contribution >= 0.6 is 0 Å². The van der Waals surface area contributed by atoms with E-state index in [2.05, 4.69) is 24.7 Å². The van der Waals surface area contributed by atoms with Gasteiger partial charge in [-0.25, -0.2) is 10.2 Å². The summed E-state index contributed by atoms with van der Waals surface area (Å²) in [7, 11) is 0. The molecule has 0 aromatic carbocycles. The van der Waals surface area contributed by atoms with Crippen molar-refractivity contribution in [3.05, 3.63) is 0 Å². The molecule has 1 atom stereocenters. The van der Waals surface area contributed by atoms with Crippen molar-refractivity contribution < 1.29 is 9.53 Å². The lowest BCUT2D eigenvalue weighted by atomic mass is 9.92. The Labute approximate surface area is 98.1 Å². The molecule has 2 N–H and O–H groups in total. The fraction of sp³-hybridized carbons (Fsp3) is 0.917. The minimum Gasteiger partial charge on any atom is -0.443 e. The molecule has 0 aliphatic heterocycles. The van der Waals surface area contributed by atoms with E-state index in [1.807, 2.05) is 20.8 Å². The van der Waals surface area contributed by atoms with Gasteiger partial charge < -0.3 is 4.74 Å². The minimum atomic E-state index is -0.444. The molecule has 1 aliphatic rings. The summed E-state index contributed by atoms with van der Waals surface area (Å²) in [5.74, 6) is 0. The first-order valence-electron chi connectivity index (χ1n) is 5.92. The van der Waals surface area contributed by atoms with Crippen LogP contribution in [0.5, 0.6) is 0 Å². The van der Waals surface area contributed by atoms with Crippen molar-refractivity contribution in [2.24, 2.45) is 5.41 Å². The molecule has 1 amide bonds.